The summed E-state index contributed by atoms with van der Waals surface area (Å²) in [4.78, 5) is 0. The largest absolute Gasteiger partial charge is 0.226 e. The Morgan fingerprint density at radius 2 is 1.42 bits per heavy atom. The third-order valence-corrected chi connectivity index (χ3v) is 6.55. The Labute approximate surface area is 148 Å². The Hall–Kier alpha value is 1.25. The van der Waals surface area contributed by atoms with Crippen LogP contribution in [0.1, 0.15) is 24.5 Å². The van der Waals surface area contributed by atoms with E-state index < -0.39 is 12.5 Å². The van der Waals surface area contributed by atoms with Gasteiger partial charge in [-0.05, 0) is 17.5 Å². The zero-order valence-electron chi connectivity index (χ0n) is 9.87. The van der Waals surface area contributed by atoms with Crippen molar-refractivity contribution in [1.29, 1.82) is 0 Å². The maximum Gasteiger partial charge on any atom is 0.226 e. The van der Waals surface area contributed by atoms with E-state index in [4.69, 9.17) is 81.2 Å². The van der Waals surface area contributed by atoms with Gasteiger partial charge in [-0.3, -0.25) is 0 Å². The zero-order valence-corrected chi connectivity index (χ0v) is 15.2. The second-order valence-corrected chi connectivity index (χ2v) is 8.99. The van der Waals surface area contributed by atoms with Crippen LogP contribution in [0.3, 0.4) is 0 Å². The molecule has 108 valence electrons. The minimum Gasteiger partial charge on any atom is -0.0930 e. The van der Waals surface area contributed by atoms with E-state index in [2.05, 4.69) is 0 Å². The Kier molecular flexibility index (Phi) is 6.32. The molecule has 0 unspecified atom stereocenters. The highest BCUT2D eigenvalue weighted by Crippen LogP contribution is 2.61. The number of hydrogen-bond donors (Lipinski definition) is 0. The molecule has 19 heavy (non-hydrogen) atoms. The number of hydrogen-bond acceptors (Lipinski definition) is 0. The van der Waals surface area contributed by atoms with Gasteiger partial charge in [-0.15, -0.1) is 0 Å². The first-order valence-electron chi connectivity index (χ1n) is 5.46. The average Bonchev–Trinajstić information content (AvgIpc) is 2.28. The van der Waals surface area contributed by atoms with Gasteiger partial charge in [0.1, 0.15) is 0 Å². The summed E-state index contributed by atoms with van der Waals surface area (Å²) in [5.74, 6) is 0. The van der Waals surface area contributed by atoms with Gasteiger partial charge in [0.15, 0.2) is 4.33 Å². The Bertz CT molecular complexity index is 434. The van der Waals surface area contributed by atoms with Gasteiger partial charge in [-0.2, -0.15) is 0 Å². The summed E-state index contributed by atoms with van der Waals surface area (Å²) in [5, 5.41) is 0. The summed E-state index contributed by atoms with van der Waals surface area (Å²) in [6.45, 7) is 2.03. The number of halogens is 7. The third-order valence-electron chi connectivity index (χ3n) is 2.63. The van der Waals surface area contributed by atoms with Crippen molar-refractivity contribution in [3.05, 3.63) is 35.4 Å². The van der Waals surface area contributed by atoms with Gasteiger partial charge in [0.2, 0.25) is 8.13 Å². The molecule has 0 amide bonds. The van der Waals surface area contributed by atoms with Crippen molar-refractivity contribution in [3.8, 4) is 0 Å². The van der Waals surface area contributed by atoms with Crippen LogP contribution in [0.15, 0.2) is 24.3 Å². The molecule has 0 aromatic heterocycles. The summed E-state index contributed by atoms with van der Waals surface area (Å²) in [5.41, 5.74) is 1.45. The van der Waals surface area contributed by atoms with Gasteiger partial charge < -0.3 is 0 Å². The maximum absolute atomic E-state index is 6.33. The molecule has 1 aromatic carbocycles. The minimum absolute atomic E-state index is 0.538. The standard InChI is InChI=1S/C12H11Cl7/c1-2-5-8-6-3-4-7-9(8)10(13,14)11(15,16)12(17,18)19/h3-4,6-7H,2,5H2,1H3. The maximum atomic E-state index is 6.33. The highest BCUT2D eigenvalue weighted by atomic mass is 35.6. The predicted octanol–water partition coefficient (Wildman–Crippen LogP) is 6.81. The van der Waals surface area contributed by atoms with Gasteiger partial charge in [0.05, 0.1) is 0 Å². The first-order valence-corrected chi connectivity index (χ1v) is 8.11. The van der Waals surface area contributed by atoms with Crippen molar-refractivity contribution in [2.24, 2.45) is 0 Å². The first kappa shape index (κ1) is 18.3. The lowest BCUT2D eigenvalue weighted by Gasteiger charge is -2.38. The normalized spacial score (nSPS) is 13.7. The van der Waals surface area contributed by atoms with Crippen molar-refractivity contribution < 1.29 is 0 Å². The van der Waals surface area contributed by atoms with Crippen molar-refractivity contribution in [1.82, 2.24) is 0 Å². The molecule has 0 aliphatic heterocycles. The van der Waals surface area contributed by atoms with E-state index in [-0.39, 0.29) is 0 Å². The van der Waals surface area contributed by atoms with Crippen molar-refractivity contribution in [2.45, 2.75) is 32.2 Å². The summed E-state index contributed by atoms with van der Waals surface area (Å²) >= 11 is 42.2. The molecule has 0 aliphatic carbocycles. The molecule has 0 atom stereocenters. The number of benzene rings is 1. The molecule has 0 spiro atoms. The SMILES string of the molecule is CCCc1ccccc1C(Cl)(Cl)C(Cl)(Cl)C(Cl)(Cl)Cl. The molecule has 0 saturated carbocycles. The van der Waals surface area contributed by atoms with Crippen LogP contribution < -0.4 is 0 Å². The molecule has 0 radical (unpaired) electrons. The molecule has 1 aromatic rings. The van der Waals surface area contributed by atoms with E-state index in [0.717, 1.165) is 18.4 Å². The molecule has 0 bridgehead atoms. The molecule has 0 nitrogen and oxygen atoms in total. The molecule has 0 heterocycles. The van der Waals surface area contributed by atoms with E-state index in [1.165, 1.54) is 0 Å². The van der Waals surface area contributed by atoms with Gasteiger partial charge in [0.25, 0.3) is 0 Å². The molecule has 7 heteroatoms. The summed E-state index contributed by atoms with van der Waals surface area (Å²) in [6, 6.07) is 7.26. The molecule has 0 fully saturated rings. The first-order chi connectivity index (χ1) is 8.55. The van der Waals surface area contributed by atoms with Gasteiger partial charge in [-0.1, -0.05) is 119 Å². The van der Waals surface area contributed by atoms with E-state index >= 15 is 0 Å². The van der Waals surface area contributed by atoms with Crippen LogP contribution in [0.4, 0.5) is 0 Å². The van der Waals surface area contributed by atoms with Gasteiger partial charge in [-0.25, -0.2) is 0 Å². The molecular weight excluding hydrogens is 392 g/mol. The smallest absolute Gasteiger partial charge is 0.0930 e. The quantitative estimate of drug-likeness (QED) is 0.484. The lowest BCUT2D eigenvalue weighted by molar-refractivity contribution is 0.688. The van der Waals surface area contributed by atoms with Crippen molar-refractivity contribution in [2.75, 3.05) is 0 Å². The number of rotatable bonds is 4. The Morgan fingerprint density at radius 3 is 1.89 bits per heavy atom. The Morgan fingerprint density at radius 1 is 0.895 bits per heavy atom. The summed E-state index contributed by atoms with van der Waals surface area (Å²) in [7, 11) is 0. The zero-order chi connectivity index (χ0) is 14.9. The van der Waals surface area contributed by atoms with Crippen LogP contribution in [0, 0.1) is 0 Å². The van der Waals surface area contributed by atoms with Crippen LogP contribution in [0.25, 0.3) is 0 Å². The molecule has 0 N–H and O–H groups in total. The summed E-state index contributed by atoms with van der Waals surface area (Å²) < 4.78 is -5.80. The average molecular weight is 403 g/mol. The monoisotopic (exact) mass is 400 g/mol. The second-order valence-electron chi connectivity index (χ2n) is 4.05. The number of alkyl halides is 7. The fourth-order valence-electron chi connectivity index (χ4n) is 1.66. The summed E-state index contributed by atoms with van der Waals surface area (Å²) in [6.07, 6.45) is 1.67. The van der Waals surface area contributed by atoms with Crippen molar-refractivity contribution in [3.63, 3.8) is 0 Å². The fourth-order valence-corrected chi connectivity index (χ4v) is 3.23. The van der Waals surface area contributed by atoms with Gasteiger partial charge >= 0.3 is 0 Å². The van der Waals surface area contributed by atoms with Crippen LogP contribution in [-0.4, -0.2) is 8.13 Å². The highest BCUT2D eigenvalue weighted by molar-refractivity contribution is 6.78. The van der Waals surface area contributed by atoms with Crippen LogP contribution in [-0.2, 0) is 10.8 Å². The van der Waals surface area contributed by atoms with Crippen molar-refractivity contribution >= 4 is 81.2 Å². The molecule has 0 saturated heterocycles. The van der Waals surface area contributed by atoms with Crippen LogP contribution in [0.2, 0.25) is 0 Å². The lowest BCUT2D eigenvalue weighted by Crippen LogP contribution is -2.45. The second kappa shape index (κ2) is 6.57. The van der Waals surface area contributed by atoms with E-state index in [1.54, 1.807) is 12.1 Å². The molecular formula is C12H11Cl7. The van der Waals surface area contributed by atoms with Crippen LogP contribution >= 0.6 is 81.2 Å². The minimum atomic E-state index is -2.04. The van der Waals surface area contributed by atoms with Crippen LogP contribution in [0.5, 0.6) is 0 Å². The third kappa shape index (κ3) is 3.72. The lowest BCUT2D eigenvalue weighted by atomic mass is 9.98. The fraction of sp³-hybridized carbons (Fsp3) is 0.500. The van der Waals surface area contributed by atoms with E-state index in [0.29, 0.717) is 5.56 Å². The van der Waals surface area contributed by atoms with Gasteiger partial charge in [0, 0.05) is 0 Å². The number of aryl methyl sites for hydroxylation is 1. The topological polar surface area (TPSA) is 0 Å². The highest BCUT2D eigenvalue weighted by Gasteiger charge is 2.61. The molecule has 1 rings (SSSR count). The predicted molar refractivity (Wildman–Crippen MR) is 88.5 cm³/mol. The molecule has 0 aliphatic rings. The Balaban J connectivity index is 3.35. The van der Waals surface area contributed by atoms with E-state index in [1.807, 2.05) is 19.1 Å². The van der Waals surface area contributed by atoms with E-state index in [9.17, 15) is 0 Å².